The van der Waals surface area contributed by atoms with Gasteiger partial charge in [-0.05, 0) is 58.7 Å². The van der Waals surface area contributed by atoms with Gasteiger partial charge in [-0.25, -0.2) is 14.4 Å². The van der Waals surface area contributed by atoms with Crippen molar-refractivity contribution in [1.82, 2.24) is 9.97 Å². The Kier molecular flexibility index (Phi) is 7.17. The Hall–Kier alpha value is -2.93. The smallest absolute Gasteiger partial charge is 0.281 e. The highest BCUT2D eigenvalue weighted by atomic mass is 79.9. The Balaban J connectivity index is 1.52. The first kappa shape index (κ1) is 25.2. The highest BCUT2D eigenvalue weighted by Crippen LogP contribution is 2.37. The fourth-order valence-electron chi connectivity index (χ4n) is 3.19. The number of phenols is 2. The van der Waals surface area contributed by atoms with Gasteiger partial charge in [0.1, 0.15) is 5.82 Å². The van der Waals surface area contributed by atoms with Gasteiger partial charge in [0.05, 0.1) is 26.4 Å². The van der Waals surface area contributed by atoms with Crippen molar-refractivity contribution in [3.05, 3.63) is 74.4 Å². The second-order valence-corrected chi connectivity index (χ2v) is 11.7. The van der Waals surface area contributed by atoms with E-state index in [0.29, 0.717) is 31.9 Å². The molecule has 4 N–H and O–H groups in total. The maximum absolute atomic E-state index is 13.5. The molecule has 2 aromatic carbocycles. The summed E-state index contributed by atoms with van der Waals surface area (Å²) in [6, 6.07) is 10.3. The summed E-state index contributed by atoms with van der Waals surface area (Å²) < 4.78 is 42.4. The van der Waals surface area contributed by atoms with Crippen LogP contribution in [0.3, 0.4) is 0 Å². The van der Waals surface area contributed by atoms with E-state index in [-0.39, 0.29) is 33.2 Å². The molecule has 2 heterocycles. The summed E-state index contributed by atoms with van der Waals surface area (Å²) in [5, 5.41) is 22.4. The van der Waals surface area contributed by atoms with Gasteiger partial charge in [0.25, 0.3) is 10.0 Å². The van der Waals surface area contributed by atoms with Gasteiger partial charge in [-0.1, -0.05) is 35.1 Å². The summed E-state index contributed by atoms with van der Waals surface area (Å²) in [4.78, 5) is 8.39. The molecule has 4 rings (SSSR count). The van der Waals surface area contributed by atoms with Crippen molar-refractivity contribution in [2.24, 2.45) is 0 Å². The molecule has 0 saturated carbocycles. The third kappa shape index (κ3) is 5.50. The summed E-state index contributed by atoms with van der Waals surface area (Å²) in [7, 11) is -4.06. The zero-order valence-electron chi connectivity index (χ0n) is 17.9. The molecular formula is C22H17BrClFN4O4S2. The minimum absolute atomic E-state index is 0.0719. The number of aryl methyl sites for hydroxylation is 1. The van der Waals surface area contributed by atoms with E-state index >= 15 is 0 Å². The third-order valence-corrected chi connectivity index (χ3v) is 8.30. The second kappa shape index (κ2) is 9.97. The van der Waals surface area contributed by atoms with Crippen LogP contribution in [0.1, 0.15) is 11.1 Å². The predicted molar refractivity (Wildman–Crippen MR) is 137 cm³/mol. The molecule has 35 heavy (non-hydrogen) atoms. The maximum atomic E-state index is 13.5. The lowest BCUT2D eigenvalue weighted by Gasteiger charge is -2.12. The van der Waals surface area contributed by atoms with E-state index in [0.717, 1.165) is 11.3 Å². The monoisotopic (exact) mass is 598 g/mol. The Morgan fingerprint density at radius 1 is 1.20 bits per heavy atom. The van der Waals surface area contributed by atoms with Crippen molar-refractivity contribution in [1.29, 1.82) is 0 Å². The number of sulfonamides is 1. The molecule has 13 heteroatoms. The molecule has 0 saturated heterocycles. The Morgan fingerprint density at radius 3 is 2.69 bits per heavy atom. The molecule has 4 aromatic rings. The molecule has 0 unspecified atom stereocenters. The van der Waals surface area contributed by atoms with Crippen LogP contribution in [0.5, 0.6) is 11.5 Å². The second-order valence-electron chi connectivity index (χ2n) is 7.36. The lowest BCUT2D eigenvalue weighted by atomic mass is 10.2. The minimum atomic E-state index is -4.06. The first-order valence-corrected chi connectivity index (χ1v) is 13.4. The molecule has 0 spiro atoms. The number of nitrogens with one attached hydrogen (secondary N) is 2. The summed E-state index contributed by atoms with van der Waals surface area (Å²) in [6.45, 7) is 1.79. The van der Waals surface area contributed by atoms with Gasteiger partial charge >= 0.3 is 0 Å². The van der Waals surface area contributed by atoms with Crippen LogP contribution in [-0.4, -0.2) is 28.6 Å². The van der Waals surface area contributed by atoms with Gasteiger partial charge in [-0.2, -0.15) is 8.42 Å². The van der Waals surface area contributed by atoms with Gasteiger partial charge in [0, 0.05) is 17.7 Å². The molecule has 2 aromatic heterocycles. The average Bonchev–Trinajstić information content (AvgIpc) is 3.15. The fourth-order valence-corrected chi connectivity index (χ4v) is 6.26. The lowest BCUT2D eigenvalue weighted by molar-refractivity contribution is 0.400. The van der Waals surface area contributed by atoms with E-state index in [1.165, 1.54) is 30.5 Å². The summed E-state index contributed by atoms with van der Waals surface area (Å²) >= 11 is 10.3. The van der Waals surface area contributed by atoms with Crippen molar-refractivity contribution in [2.75, 3.05) is 10.0 Å². The molecule has 0 bridgehead atoms. The predicted octanol–water partition coefficient (Wildman–Crippen LogP) is 5.89. The molecule has 182 valence electrons. The topological polar surface area (TPSA) is 124 Å². The van der Waals surface area contributed by atoms with Crippen molar-refractivity contribution in [2.45, 2.75) is 18.5 Å². The number of pyridine rings is 1. The number of hydrogen-bond donors (Lipinski definition) is 4. The third-order valence-electron chi connectivity index (χ3n) is 4.87. The van der Waals surface area contributed by atoms with Gasteiger partial charge in [0.2, 0.25) is 0 Å². The van der Waals surface area contributed by atoms with E-state index < -0.39 is 15.8 Å². The number of rotatable bonds is 7. The van der Waals surface area contributed by atoms with E-state index in [1.54, 1.807) is 25.1 Å². The van der Waals surface area contributed by atoms with E-state index in [1.807, 2.05) is 0 Å². The van der Waals surface area contributed by atoms with E-state index in [9.17, 15) is 23.0 Å². The van der Waals surface area contributed by atoms with Crippen LogP contribution in [0, 0.1) is 12.7 Å². The number of aromatic hydroxyl groups is 2. The van der Waals surface area contributed by atoms with Crippen molar-refractivity contribution >= 4 is 59.7 Å². The number of nitrogens with zero attached hydrogens (tertiary/aromatic N) is 2. The molecule has 0 aliphatic heterocycles. The van der Waals surface area contributed by atoms with E-state index in [4.69, 9.17) is 11.6 Å². The number of thiazole rings is 1. The molecule has 0 radical (unpaired) electrons. The van der Waals surface area contributed by atoms with Crippen molar-refractivity contribution in [3.63, 3.8) is 0 Å². The molecule has 0 fully saturated rings. The SMILES string of the molecule is Cc1cc(NCc2cccc(O)c2O)cnc1S(=O)(=O)Nc1nc(-c2ccc(F)c(Cl)c2)c(Br)s1. The molecule has 8 nitrogen and oxygen atoms in total. The van der Waals surface area contributed by atoms with Crippen LogP contribution in [0.2, 0.25) is 5.02 Å². The Labute approximate surface area is 217 Å². The molecule has 0 aliphatic carbocycles. The van der Waals surface area contributed by atoms with Crippen LogP contribution in [0.25, 0.3) is 11.3 Å². The Morgan fingerprint density at radius 2 is 1.97 bits per heavy atom. The highest BCUT2D eigenvalue weighted by molar-refractivity contribution is 9.11. The van der Waals surface area contributed by atoms with Crippen LogP contribution in [0.15, 0.2) is 57.5 Å². The van der Waals surface area contributed by atoms with Gasteiger partial charge in [-0.3, -0.25) is 4.72 Å². The van der Waals surface area contributed by atoms with Gasteiger partial charge in [0.15, 0.2) is 21.7 Å². The lowest BCUT2D eigenvalue weighted by Crippen LogP contribution is -2.16. The maximum Gasteiger partial charge on any atom is 0.281 e. The zero-order valence-corrected chi connectivity index (χ0v) is 21.9. The number of benzene rings is 2. The number of aromatic nitrogens is 2. The van der Waals surface area contributed by atoms with Crippen LogP contribution in [-0.2, 0) is 16.6 Å². The molecule has 0 aliphatic rings. The number of anilines is 2. The molecule has 0 amide bonds. The molecular weight excluding hydrogens is 583 g/mol. The van der Waals surface area contributed by atoms with Crippen LogP contribution >= 0.6 is 38.9 Å². The first-order chi connectivity index (χ1) is 16.5. The van der Waals surface area contributed by atoms with Crippen LogP contribution in [0.4, 0.5) is 15.2 Å². The quantitative estimate of drug-likeness (QED) is 0.195. The standard InChI is InChI=1S/C22H17BrClFN4O4S2/c1-11-7-14(26-9-13-3-2-4-17(30)19(13)31)10-27-21(11)35(32,33)29-22-28-18(20(23)34-22)12-5-6-16(25)15(24)8-12/h2-8,10,26,30-31H,9H2,1H3,(H,28,29). The van der Waals surface area contributed by atoms with Gasteiger partial charge < -0.3 is 15.5 Å². The summed E-state index contributed by atoms with van der Waals surface area (Å²) in [6.07, 6.45) is 1.35. The van der Waals surface area contributed by atoms with E-state index in [2.05, 4.69) is 35.9 Å². The number of phenolic OH excluding ortho intramolecular Hbond substituents is 2. The van der Waals surface area contributed by atoms with Crippen molar-refractivity contribution in [3.8, 4) is 22.8 Å². The largest absolute Gasteiger partial charge is 0.504 e. The number of hydrogen-bond acceptors (Lipinski definition) is 8. The molecule has 0 atom stereocenters. The van der Waals surface area contributed by atoms with Gasteiger partial charge in [-0.15, -0.1) is 0 Å². The zero-order chi connectivity index (χ0) is 25.3. The normalized spacial score (nSPS) is 11.4. The van der Waals surface area contributed by atoms with Crippen LogP contribution < -0.4 is 10.0 Å². The summed E-state index contributed by atoms with van der Waals surface area (Å²) in [5.74, 6) is -1.03. The average molecular weight is 600 g/mol. The fraction of sp³-hybridized carbons (Fsp3) is 0.0909. The summed E-state index contributed by atoms with van der Waals surface area (Å²) in [5.41, 5.74) is 2.30. The number of halogens is 3. The number of para-hydroxylation sites is 1. The highest BCUT2D eigenvalue weighted by Gasteiger charge is 2.22. The van der Waals surface area contributed by atoms with Crippen molar-refractivity contribution < 1.29 is 23.0 Å². The first-order valence-electron chi connectivity index (χ1n) is 9.90. The minimum Gasteiger partial charge on any atom is -0.504 e. The Bertz CT molecular complexity index is 1530.